The van der Waals surface area contributed by atoms with E-state index in [2.05, 4.69) is 69.6 Å². The zero-order chi connectivity index (χ0) is 25.7. The molecule has 2 aromatic heterocycles. The third-order valence-corrected chi connectivity index (χ3v) is 7.67. The largest absolute Gasteiger partial charge is 0.338 e. The standard InChI is InChI=1S/C27H29FN8O/c1-16-8-17(2)10-19(9-16)30-26-29-13-18-14-36(15-24(18)31-26)27(3)4-6-35(7-5-27)25(37)20-11-22-23(12-21(20)28)33-34-32-22/h8-13H,4-7,14-15H2,1-3H3,(H,29,30,31)(H,32,33,34). The first-order valence-corrected chi connectivity index (χ1v) is 12.5. The van der Waals surface area contributed by atoms with Gasteiger partial charge in [-0.2, -0.15) is 0 Å². The molecule has 1 amide bonds. The van der Waals surface area contributed by atoms with Crippen LogP contribution in [0.4, 0.5) is 16.0 Å². The van der Waals surface area contributed by atoms with Crippen LogP contribution < -0.4 is 5.32 Å². The second-order valence-corrected chi connectivity index (χ2v) is 10.5. The number of hydrogen-bond acceptors (Lipinski definition) is 7. The molecule has 1 saturated heterocycles. The Hall–Kier alpha value is -3.92. The quantitative estimate of drug-likeness (QED) is 0.432. The molecular formula is C27H29FN8O. The summed E-state index contributed by atoms with van der Waals surface area (Å²) in [5.41, 5.74) is 6.43. The Balaban J connectivity index is 1.12. The highest BCUT2D eigenvalue weighted by atomic mass is 19.1. The number of amides is 1. The average molecular weight is 501 g/mol. The summed E-state index contributed by atoms with van der Waals surface area (Å²) in [7, 11) is 0. The van der Waals surface area contributed by atoms with Gasteiger partial charge in [-0.25, -0.2) is 14.4 Å². The highest BCUT2D eigenvalue weighted by Crippen LogP contribution is 2.36. The highest BCUT2D eigenvalue weighted by Gasteiger charge is 2.40. The summed E-state index contributed by atoms with van der Waals surface area (Å²) >= 11 is 0. The molecule has 0 bridgehead atoms. The van der Waals surface area contributed by atoms with E-state index >= 15 is 0 Å². The summed E-state index contributed by atoms with van der Waals surface area (Å²) < 4.78 is 14.6. The number of likely N-dealkylation sites (tertiary alicyclic amines) is 1. The molecule has 2 aliphatic heterocycles. The highest BCUT2D eigenvalue weighted by molar-refractivity contribution is 5.97. The number of carbonyl (C=O) groups is 1. The van der Waals surface area contributed by atoms with Crippen molar-refractivity contribution in [3.8, 4) is 0 Å². The molecule has 0 radical (unpaired) electrons. The summed E-state index contributed by atoms with van der Waals surface area (Å²) in [5, 5.41) is 13.6. The maximum Gasteiger partial charge on any atom is 0.256 e. The number of carbonyl (C=O) groups excluding carboxylic acids is 1. The lowest BCUT2D eigenvalue weighted by Gasteiger charge is -2.45. The number of aromatic amines is 1. The van der Waals surface area contributed by atoms with Gasteiger partial charge >= 0.3 is 0 Å². The topological polar surface area (TPSA) is 103 Å². The minimum Gasteiger partial charge on any atom is -0.338 e. The predicted molar refractivity (Wildman–Crippen MR) is 138 cm³/mol. The Kier molecular flexibility index (Phi) is 5.63. The summed E-state index contributed by atoms with van der Waals surface area (Å²) in [5.74, 6) is -0.264. The average Bonchev–Trinajstić information content (AvgIpc) is 3.49. The molecule has 6 rings (SSSR count). The second kappa shape index (κ2) is 8.88. The molecule has 2 N–H and O–H groups in total. The van der Waals surface area contributed by atoms with Gasteiger partial charge in [0.05, 0.1) is 16.8 Å². The van der Waals surface area contributed by atoms with E-state index in [1.165, 1.54) is 23.3 Å². The molecule has 4 heterocycles. The Morgan fingerprint density at radius 2 is 1.84 bits per heavy atom. The summed E-state index contributed by atoms with van der Waals surface area (Å²) in [6.45, 7) is 9.02. The van der Waals surface area contributed by atoms with Gasteiger partial charge in [0.1, 0.15) is 11.3 Å². The fourth-order valence-electron chi connectivity index (χ4n) is 5.48. The van der Waals surface area contributed by atoms with Gasteiger partial charge in [0, 0.05) is 55.2 Å². The van der Waals surface area contributed by atoms with Crippen molar-refractivity contribution in [3.63, 3.8) is 0 Å². The summed E-state index contributed by atoms with van der Waals surface area (Å²) in [6.07, 6.45) is 3.50. The fourth-order valence-corrected chi connectivity index (χ4v) is 5.48. The first-order chi connectivity index (χ1) is 17.8. The van der Waals surface area contributed by atoms with Gasteiger partial charge in [-0.1, -0.05) is 11.3 Å². The van der Waals surface area contributed by atoms with Crippen molar-refractivity contribution in [2.24, 2.45) is 0 Å². The Morgan fingerprint density at radius 1 is 1.08 bits per heavy atom. The number of benzene rings is 2. The number of nitrogens with zero attached hydrogens (tertiary/aromatic N) is 6. The van der Waals surface area contributed by atoms with E-state index in [-0.39, 0.29) is 17.0 Å². The second-order valence-electron chi connectivity index (χ2n) is 10.5. The molecule has 37 heavy (non-hydrogen) atoms. The molecule has 2 aromatic carbocycles. The molecule has 9 nitrogen and oxygen atoms in total. The Labute approximate surface area is 214 Å². The van der Waals surface area contributed by atoms with Crippen LogP contribution in [-0.2, 0) is 13.1 Å². The number of aromatic nitrogens is 5. The lowest BCUT2D eigenvalue weighted by Crippen LogP contribution is -2.52. The maximum atomic E-state index is 14.6. The van der Waals surface area contributed by atoms with Crippen molar-refractivity contribution in [1.82, 2.24) is 35.2 Å². The van der Waals surface area contributed by atoms with Crippen LogP contribution in [0.3, 0.4) is 0 Å². The number of H-pyrrole nitrogens is 1. The van der Waals surface area contributed by atoms with Crippen LogP contribution in [0.25, 0.3) is 11.0 Å². The minimum absolute atomic E-state index is 0.0395. The van der Waals surface area contributed by atoms with Crippen molar-refractivity contribution in [1.29, 1.82) is 0 Å². The van der Waals surface area contributed by atoms with E-state index in [1.807, 2.05) is 6.20 Å². The zero-order valence-electron chi connectivity index (χ0n) is 21.2. The van der Waals surface area contributed by atoms with Crippen LogP contribution in [0.15, 0.2) is 36.5 Å². The van der Waals surface area contributed by atoms with Crippen LogP contribution in [0.1, 0.15) is 52.5 Å². The number of nitrogens with one attached hydrogen (secondary N) is 2. The molecule has 2 aliphatic rings. The molecular weight excluding hydrogens is 471 g/mol. The Bertz CT molecular complexity index is 1490. The fraction of sp³-hybridized carbons (Fsp3) is 0.370. The smallest absolute Gasteiger partial charge is 0.256 e. The van der Waals surface area contributed by atoms with E-state index in [4.69, 9.17) is 4.98 Å². The number of aryl methyl sites for hydroxylation is 2. The lowest BCUT2D eigenvalue weighted by molar-refractivity contribution is 0.0270. The lowest BCUT2D eigenvalue weighted by atomic mass is 9.87. The zero-order valence-corrected chi connectivity index (χ0v) is 21.2. The van der Waals surface area contributed by atoms with Gasteiger partial charge < -0.3 is 10.2 Å². The molecule has 190 valence electrons. The van der Waals surface area contributed by atoms with Gasteiger partial charge in [-0.15, -0.1) is 5.10 Å². The summed E-state index contributed by atoms with van der Waals surface area (Å²) in [4.78, 5) is 26.6. The monoisotopic (exact) mass is 500 g/mol. The van der Waals surface area contributed by atoms with Gasteiger partial charge in [0.15, 0.2) is 0 Å². The van der Waals surface area contributed by atoms with Crippen molar-refractivity contribution in [3.05, 3.63) is 70.3 Å². The van der Waals surface area contributed by atoms with Crippen LogP contribution in [0, 0.1) is 19.7 Å². The van der Waals surface area contributed by atoms with Gasteiger partial charge in [0.25, 0.3) is 5.91 Å². The molecule has 0 aliphatic carbocycles. The third kappa shape index (κ3) is 4.42. The van der Waals surface area contributed by atoms with Crippen molar-refractivity contribution < 1.29 is 9.18 Å². The van der Waals surface area contributed by atoms with Crippen molar-refractivity contribution in [2.75, 3.05) is 18.4 Å². The SMILES string of the molecule is Cc1cc(C)cc(Nc2ncc3c(n2)CN(C2(C)CCN(C(=O)c4cc5nn[nH]c5cc4F)CC2)C3)c1. The normalized spacial score (nSPS) is 17.2. The first kappa shape index (κ1) is 23.5. The van der Waals surface area contributed by atoms with E-state index in [9.17, 15) is 9.18 Å². The molecule has 4 aromatic rings. The predicted octanol–water partition coefficient (Wildman–Crippen LogP) is 4.26. The van der Waals surface area contributed by atoms with Crippen molar-refractivity contribution in [2.45, 2.75) is 52.2 Å². The third-order valence-electron chi connectivity index (χ3n) is 7.67. The number of fused-ring (bicyclic) bond motifs is 2. The van der Waals surface area contributed by atoms with Gasteiger partial charge in [0.2, 0.25) is 5.95 Å². The minimum atomic E-state index is -0.560. The molecule has 0 unspecified atom stereocenters. The molecule has 0 saturated carbocycles. The van der Waals surface area contributed by atoms with E-state index in [1.54, 1.807) is 4.90 Å². The van der Waals surface area contributed by atoms with Crippen LogP contribution >= 0.6 is 0 Å². The number of rotatable bonds is 4. The molecule has 0 spiro atoms. The summed E-state index contributed by atoms with van der Waals surface area (Å²) in [6, 6.07) is 9.06. The van der Waals surface area contributed by atoms with E-state index in [0.29, 0.717) is 30.1 Å². The van der Waals surface area contributed by atoms with Crippen LogP contribution in [0.5, 0.6) is 0 Å². The molecule has 0 atom stereocenters. The molecule has 10 heteroatoms. The first-order valence-electron chi connectivity index (χ1n) is 12.5. The molecule has 1 fully saturated rings. The van der Waals surface area contributed by atoms with Gasteiger partial charge in [-0.05, 0) is 62.9 Å². The van der Waals surface area contributed by atoms with Crippen LogP contribution in [-0.4, -0.2) is 59.7 Å². The van der Waals surface area contributed by atoms with Gasteiger partial charge in [-0.3, -0.25) is 14.8 Å². The Morgan fingerprint density at radius 3 is 2.59 bits per heavy atom. The number of halogens is 1. The number of piperidine rings is 1. The van der Waals surface area contributed by atoms with E-state index < -0.39 is 5.82 Å². The number of hydrogen-bond donors (Lipinski definition) is 2. The maximum absolute atomic E-state index is 14.6. The van der Waals surface area contributed by atoms with Crippen molar-refractivity contribution >= 4 is 28.6 Å². The van der Waals surface area contributed by atoms with E-state index in [0.717, 1.165) is 42.9 Å². The van der Waals surface area contributed by atoms with Crippen LogP contribution in [0.2, 0.25) is 0 Å². The number of anilines is 2.